The minimum absolute atomic E-state index is 0.157. The van der Waals surface area contributed by atoms with Gasteiger partial charge in [0.05, 0.1) is 5.69 Å². The van der Waals surface area contributed by atoms with Crippen LogP contribution in [0, 0.1) is 5.92 Å². The van der Waals surface area contributed by atoms with E-state index in [9.17, 15) is 13.6 Å². The molecule has 1 saturated carbocycles. The molecule has 2 heterocycles. The number of likely N-dealkylation sites (tertiary alicyclic amines) is 1. The highest BCUT2D eigenvalue weighted by molar-refractivity contribution is 6.30. The Kier molecular flexibility index (Phi) is 10.9. The van der Waals surface area contributed by atoms with Crippen LogP contribution in [0.15, 0.2) is 30.5 Å². The maximum absolute atomic E-state index is 13.9. The number of carboxylic acid groups (broad SMARTS) is 1. The molecule has 2 aromatic rings. The van der Waals surface area contributed by atoms with Gasteiger partial charge in [-0.1, -0.05) is 44.7 Å². The minimum atomic E-state index is -3.03. The molecule has 1 saturated heterocycles. The smallest absolute Gasteiger partial charge is 0.387 e. The third-order valence-corrected chi connectivity index (χ3v) is 7.66. The summed E-state index contributed by atoms with van der Waals surface area (Å²) in [6, 6.07) is 6.27. The molecule has 1 aromatic carbocycles. The van der Waals surface area contributed by atoms with Gasteiger partial charge in [-0.3, -0.25) is 14.3 Å². The van der Waals surface area contributed by atoms with E-state index in [4.69, 9.17) is 21.5 Å². The van der Waals surface area contributed by atoms with Crippen LogP contribution >= 0.6 is 11.6 Å². The summed E-state index contributed by atoms with van der Waals surface area (Å²) in [4.78, 5) is 24.7. The number of nitrogens with zero attached hydrogens (tertiary/aromatic N) is 3. The zero-order chi connectivity index (χ0) is 27.7. The number of carbonyl (C=O) groups is 2. The van der Waals surface area contributed by atoms with E-state index in [2.05, 4.69) is 33.9 Å². The Morgan fingerprint density at radius 2 is 1.89 bits per heavy atom. The Labute approximate surface area is 227 Å². The SMILES string of the molecule is CC(C)c1ccnn1C1(C(=O)Nc2ccc(Cl)cc2OC(F)F)CCN(CC2CCCCC2)CC1.O=CO. The van der Waals surface area contributed by atoms with Gasteiger partial charge >= 0.3 is 6.61 Å². The highest BCUT2D eigenvalue weighted by Crippen LogP contribution is 2.37. The first kappa shape index (κ1) is 29.8. The molecule has 1 amide bonds. The van der Waals surface area contributed by atoms with Gasteiger partial charge in [-0.2, -0.15) is 13.9 Å². The number of anilines is 1. The standard InChI is InChI=1S/C26H35ClF2N4O2.CH2O2/c1-18(2)22-10-13-30-33(22)26(11-14-32(15-12-26)17-19-6-4-3-5-7-19)24(34)31-21-9-8-20(27)16-23(21)35-25(28)29;2-1-3/h8-10,13,16,18-19,25H,3-7,11-12,14-15,17H2,1-2H3,(H,31,34);1H,(H,2,3). The molecule has 2 fully saturated rings. The fourth-order valence-electron chi connectivity index (χ4n) is 5.52. The molecule has 11 heteroatoms. The van der Waals surface area contributed by atoms with Gasteiger partial charge in [0.1, 0.15) is 5.54 Å². The van der Waals surface area contributed by atoms with E-state index in [0.29, 0.717) is 12.8 Å². The Morgan fingerprint density at radius 1 is 1.24 bits per heavy atom. The summed E-state index contributed by atoms with van der Waals surface area (Å²) in [6.07, 6.45) is 9.41. The summed E-state index contributed by atoms with van der Waals surface area (Å²) >= 11 is 5.99. The van der Waals surface area contributed by atoms with Crippen molar-refractivity contribution in [1.29, 1.82) is 0 Å². The van der Waals surface area contributed by atoms with Crippen molar-refractivity contribution in [3.05, 3.63) is 41.2 Å². The molecule has 4 rings (SSSR count). The second-order valence-corrected chi connectivity index (χ2v) is 10.7. The molecule has 0 spiro atoms. The molecular weight excluding hydrogens is 518 g/mol. The summed E-state index contributed by atoms with van der Waals surface area (Å²) in [7, 11) is 0. The van der Waals surface area contributed by atoms with Crippen molar-refractivity contribution in [2.24, 2.45) is 5.92 Å². The molecule has 2 aliphatic rings. The van der Waals surface area contributed by atoms with Gasteiger partial charge < -0.3 is 20.1 Å². The lowest BCUT2D eigenvalue weighted by Gasteiger charge is -2.43. The number of ether oxygens (including phenoxy) is 1. The summed E-state index contributed by atoms with van der Waals surface area (Å²) in [5.74, 6) is 0.469. The van der Waals surface area contributed by atoms with Crippen LogP contribution in [-0.2, 0) is 15.1 Å². The van der Waals surface area contributed by atoms with Gasteiger partial charge in [0.2, 0.25) is 0 Å². The van der Waals surface area contributed by atoms with Gasteiger partial charge in [0, 0.05) is 42.6 Å². The molecule has 38 heavy (non-hydrogen) atoms. The molecule has 0 bridgehead atoms. The lowest BCUT2D eigenvalue weighted by atomic mass is 9.84. The van der Waals surface area contributed by atoms with E-state index in [-0.39, 0.29) is 34.8 Å². The highest BCUT2D eigenvalue weighted by Gasteiger charge is 2.45. The van der Waals surface area contributed by atoms with Gasteiger partial charge in [0.25, 0.3) is 12.4 Å². The summed E-state index contributed by atoms with van der Waals surface area (Å²) in [5.41, 5.74) is 0.219. The number of hydrogen-bond donors (Lipinski definition) is 2. The topological polar surface area (TPSA) is 96.7 Å². The quantitative estimate of drug-likeness (QED) is 0.390. The number of aromatic nitrogens is 2. The largest absolute Gasteiger partial charge is 0.483 e. The molecule has 1 aliphatic heterocycles. The van der Waals surface area contributed by atoms with E-state index < -0.39 is 12.2 Å². The Hall–Kier alpha value is -2.72. The molecule has 1 aliphatic carbocycles. The Balaban J connectivity index is 0.00000127. The molecular formula is C27H37ClF2N4O4. The van der Waals surface area contributed by atoms with Crippen molar-refractivity contribution in [2.75, 3.05) is 25.0 Å². The van der Waals surface area contributed by atoms with Crippen molar-refractivity contribution in [3.8, 4) is 5.75 Å². The molecule has 0 unspecified atom stereocenters. The van der Waals surface area contributed by atoms with Crippen molar-refractivity contribution in [3.63, 3.8) is 0 Å². The summed E-state index contributed by atoms with van der Waals surface area (Å²) < 4.78 is 32.5. The van der Waals surface area contributed by atoms with E-state index in [1.54, 1.807) is 12.3 Å². The fourth-order valence-corrected chi connectivity index (χ4v) is 5.68. The highest BCUT2D eigenvalue weighted by atomic mass is 35.5. The normalized spacial score (nSPS) is 18.1. The second kappa shape index (κ2) is 13.9. The van der Waals surface area contributed by atoms with Gasteiger partial charge in [0.15, 0.2) is 5.75 Å². The van der Waals surface area contributed by atoms with Gasteiger partial charge in [-0.15, -0.1) is 0 Å². The summed E-state index contributed by atoms with van der Waals surface area (Å²) in [6.45, 7) is 3.50. The molecule has 0 radical (unpaired) electrons. The lowest BCUT2D eigenvalue weighted by Crippen LogP contribution is -2.54. The molecule has 2 N–H and O–H groups in total. The number of piperidine rings is 1. The van der Waals surface area contributed by atoms with Crippen LogP contribution < -0.4 is 10.1 Å². The van der Waals surface area contributed by atoms with Crippen molar-refractivity contribution in [2.45, 2.75) is 76.9 Å². The maximum atomic E-state index is 13.9. The first-order chi connectivity index (χ1) is 18.2. The van der Waals surface area contributed by atoms with Crippen molar-refractivity contribution in [1.82, 2.24) is 14.7 Å². The predicted octanol–water partition coefficient (Wildman–Crippen LogP) is 5.97. The fraction of sp³-hybridized carbons (Fsp3) is 0.593. The van der Waals surface area contributed by atoms with Crippen LogP contribution in [-0.4, -0.2) is 58.4 Å². The van der Waals surface area contributed by atoms with Gasteiger partial charge in [-0.25, -0.2) is 0 Å². The number of benzene rings is 1. The van der Waals surface area contributed by atoms with E-state index in [1.165, 1.54) is 44.2 Å². The van der Waals surface area contributed by atoms with E-state index >= 15 is 0 Å². The van der Waals surface area contributed by atoms with Crippen LogP contribution in [0.5, 0.6) is 5.75 Å². The summed E-state index contributed by atoms with van der Waals surface area (Å²) in [5, 5.41) is 14.6. The number of rotatable bonds is 8. The third kappa shape index (κ3) is 7.44. The Bertz CT molecular complexity index is 1050. The minimum Gasteiger partial charge on any atom is -0.483 e. The van der Waals surface area contributed by atoms with E-state index in [0.717, 1.165) is 31.2 Å². The van der Waals surface area contributed by atoms with Crippen LogP contribution in [0.25, 0.3) is 0 Å². The number of carbonyl (C=O) groups excluding carboxylic acids is 1. The molecule has 1 aromatic heterocycles. The average Bonchev–Trinajstić information content (AvgIpc) is 3.38. The zero-order valence-electron chi connectivity index (χ0n) is 21.9. The third-order valence-electron chi connectivity index (χ3n) is 7.42. The van der Waals surface area contributed by atoms with Crippen LogP contribution in [0.3, 0.4) is 0 Å². The van der Waals surface area contributed by atoms with Gasteiger partial charge in [-0.05, 0) is 55.7 Å². The van der Waals surface area contributed by atoms with E-state index in [1.807, 2.05) is 10.7 Å². The second-order valence-electron chi connectivity index (χ2n) is 10.2. The number of alkyl halides is 2. The number of amides is 1. The molecule has 0 atom stereocenters. The lowest BCUT2D eigenvalue weighted by molar-refractivity contribution is -0.128. The Morgan fingerprint density at radius 3 is 2.50 bits per heavy atom. The predicted molar refractivity (Wildman–Crippen MR) is 142 cm³/mol. The first-order valence-electron chi connectivity index (χ1n) is 13.1. The first-order valence-corrected chi connectivity index (χ1v) is 13.5. The maximum Gasteiger partial charge on any atom is 0.387 e. The molecule has 210 valence electrons. The zero-order valence-corrected chi connectivity index (χ0v) is 22.7. The number of halogens is 3. The number of hydrogen-bond acceptors (Lipinski definition) is 5. The number of nitrogens with one attached hydrogen (secondary N) is 1. The van der Waals surface area contributed by atoms with Crippen LogP contribution in [0.2, 0.25) is 5.02 Å². The van der Waals surface area contributed by atoms with Crippen molar-refractivity contribution >= 4 is 29.7 Å². The molecule has 8 nitrogen and oxygen atoms in total. The monoisotopic (exact) mass is 554 g/mol. The van der Waals surface area contributed by atoms with Crippen LogP contribution in [0.1, 0.15) is 70.4 Å². The average molecular weight is 555 g/mol. The van der Waals surface area contributed by atoms with Crippen LogP contribution in [0.4, 0.5) is 14.5 Å². The van der Waals surface area contributed by atoms with Crippen molar-refractivity contribution < 1.29 is 28.2 Å².